The molecule has 2 aromatic rings. The third kappa shape index (κ3) is 3.68. The van der Waals surface area contributed by atoms with Crippen LogP contribution in [0.2, 0.25) is 0 Å². The van der Waals surface area contributed by atoms with Crippen LogP contribution in [0.4, 0.5) is 5.69 Å². The maximum atomic E-state index is 12.7. The quantitative estimate of drug-likeness (QED) is 0.712. The number of nitrogens with zero attached hydrogens (tertiary/aromatic N) is 1. The lowest BCUT2D eigenvalue weighted by Gasteiger charge is -2.19. The monoisotopic (exact) mass is 452 g/mol. The second kappa shape index (κ2) is 6.37. The zero-order valence-electron chi connectivity index (χ0n) is 11.4. The van der Waals surface area contributed by atoms with Gasteiger partial charge in [-0.3, -0.25) is 0 Å². The fraction of sp³-hybridized carbons (Fsp3) is 0.231. The van der Waals surface area contributed by atoms with Crippen LogP contribution in [0.15, 0.2) is 37.4 Å². The molecule has 0 unspecified atom stereocenters. The first-order valence-electron chi connectivity index (χ1n) is 5.96. The van der Waals surface area contributed by atoms with Gasteiger partial charge >= 0.3 is 0 Å². The van der Waals surface area contributed by atoms with Crippen LogP contribution in [0.1, 0.15) is 10.4 Å². The number of benzene rings is 1. The molecule has 0 bridgehead atoms. The van der Waals surface area contributed by atoms with Crippen LogP contribution < -0.4 is 5.73 Å². The lowest BCUT2D eigenvalue weighted by molar-refractivity contribution is 0.469. The van der Waals surface area contributed by atoms with Gasteiger partial charge in [0.25, 0.3) is 0 Å². The van der Waals surface area contributed by atoms with Crippen molar-refractivity contribution in [2.45, 2.75) is 18.4 Å². The minimum Gasteiger partial charge on any atom is -0.398 e. The van der Waals surface area contributed by atoms with Gasteiger partial charge in [0.1, 0.15) is 0 Å². The summed E-state index contributed by atoms with van der Waals surface area (Å²) >= 11 is 8.17. The Morgan fingerprint density at radius 1 is 1.24 bits per heavy atom. The highest BCUT2D eigenvalue weighted by Crippen LogP contribution is 2.29. The van der Waals surface area contributed by atoms with Crippen molar-refractivity contribution in [3.63, 3.8) is 0 Å². The van der Waals surface area contributed by atoms with Crippen molar-refractivity contribution >= 4 is 58.9 Å². The van der Waals surface area contributed by atoms with Gasteiger partial charge in [-0.05, 0) is 46.6 Å². The molecule has 1 aromatic carbocycles. The summed E-state index contributed by atoms with van der Waals surface area (Å²) in [6.07, 6.45) is 0. The molecule has 0 aliphatic carbocycles. The molecule has 1 aromatic heterocycles. The van der Waals surface area contributed by atoms with Gasteiger partial charge in [-0.1, -0.05) is 15.9 Å². The van der Waals surface area contributed by atoms with E-state index in [1.165, 1.54) is 15.6 Å². The Morgan fingerprint density at radius 2 is 1.90 bits per heavy atom. The number of hydrogen-bond donors (Lipinski definition) is 1. The van der Waals surface area contributed by atoms with E-state index in [1.54, 1.807) is 26.1 Å². The molecule has 0 saturated heterocycles. The Morgan fingerprint density at radius 3 is 2.48 bits per heavy atom. The number of anilines is 1. The van der Waals surface area contributed by atoms with Crippen LogP contribution in [0.25, 0.3) is 0 Å². The number of thiophene rings is 1. The molecule has 1 heterocycles. The number of nitrogen functional groups attached to an aromatic ring is 1. The standard InChI is InChI=1S/C13H14Br2N2O2S2/c1-8-12(16)4-9(14)5-13(8)21(18,19)17(2)6-11-3-10(15)7-20-11/h3-5,7H,6,16H2,1-2H3. The molecule has 0 radical (unpaired) electrons. The third-order valence-electron chi connectivity index (χ3n) is 3.05. The summed E-state index contributed by atoms with van der Waals surface area (Å²) in [4.78, 5) is 1.20. The minimum atomic E-state index is -3.59. The van der Waals surface area contributed by atoms with Gasteiger partial charge < -0.3 is 5.73 Å². The fourth-order valence-electron chi connectivity index (χ4n) is 1.85. The predicted octanol–water partition coefficient (Wildman–Crippen LogP) is 3.98. The Hall–Kier alpha value is -0.410. The number of halogens is 2. The summed E-state index contributed by atoms with van der Waals surface area (Å²) in [5, 5.41) is 1.93. The molecule has 2 N–H and O–H groups in total. The average Bonchev–Trinajstić information content (AvgIpc) is 2.79. The molecular formula is C13H14Br2N2O2S2. The van der Waals surface area contributed by atoms with Gasteiger partial charge in [-0.25, -0.2) is 8.42 Å². The Kier molecular flexibility index (Phi) is 5.15. The zero-order chi connectivity index (χ0) is 15.8. The highest BCUT2D eigenvalue weighted by atomic mass is 79.9. The first-order valence-corrected chi connectivity index (χ1v) is 9.87. The van der Waals surface area contributed by atoms with E-state index in [0.29, 0.717) is 22.3 Å². The summed E-state index contributed by atoms with van der Waals surface area (Å²) in [5.41, 5.74) is 6.88. The molecule has 114 valence electrons. The molecule has 0 fully saturated rings. The molecule has 2 rings (SSSR count). The number of rotatable bonds is 4. The van der Waals surface area contributed by atoms with Crippen molar-refractivity contribution in [1.82, 2.24) is 4.31 Å². The maximum Gasteiger partial charge on any atom is 0.243 e. The molecule has 0 saturated carbocycles. The molecule has 0 atom stereocenters. The highest BCUT2D eigenvalue weighted by Gasteiger charge is 2.24. The van der Waals surface area contributed by atoms with Gasteiger partial charge in [0.2, 0.25) is 10.0 Å². The highest BCUT2D eigenvalue weighted by molar-refractivity contribution is 9.10. The van der Waals surface area contributed by atoms with Crippen molar-refractivity contribution in [2.75, 3.05) is 12.8 Å². The molecule has 0 spiro atoms. The van der Waals surface area contributed by atoms with E-state index >= 15 is 0 Å². The van der Waals surface area contributed by atoms with E-state index in [2.05, 4.69) is 31.9 Å². The van der Waals surface area contributed by atoms with Crippen LogP contribution in [0, 0.1) is 6.92 Å². The molecule has 0 amide bonds. The van der Waals surface area contributed by atoms with Gasteiger partial charge in [0.15, 0.2) is 0 Å². The van der Waals surface area contributed by atoms with Crippen LogP contribution >= 0.6 is 43.2 Å². The van der Waals surface area contributed by atoms with E-state index < -0.39 is 10.0 Å². The van der Waals surface area contributed by atoms with Crippen LogP contribution in [0.5, 0.6) is 0 Å². The molecule has 4 nitrogen and oxygen atoms in total. The second-order valence-corrected chi connectivity index (χ2v) is 9.45. The predicted molar refractivity (Wildman–Crippen MR) is 94.0 cm³/mol. The van der Waals surface area contributed by atoms with Crippen molar-refractivity contribution in [2.24, 2.45) is 0 Å². The van der Waals surface area contributed by atoms with E-state index in [4.69, 9.17) is 5.73 Å². The maximum absolute atomic E-state index is 12.7. The smallest absolute Gasteiger partial charge is 0.243 e. The van der Waals surface area contributed by atoms with Crippen molar-refractivity contribution in [1.29, 1.82) is 0 Å². The summed E-state index contributed by atoms with van der Waals surface area (Å²) in [5.74, 6) is 0. The number of nitrogens with two attached hydrogens (primary N) is 1. The van der Waals surface area contributed by atoms with Gasteiger partial charge in [-0.2, -0.15) is 4.31 Å². The van der Waals surface area contributed by atoms with Crippen molar-refractivity contribution in [3.05, 3.63) is 43.0 Å². The van der Waals surface area contributed by atoms with Crippen molar-refractivity contribution < 1.29 is 8.42 Å². The third-order valence-corrected chi connectivity index (χ3v) is 7.12. The summed E-state index contributed by atoms with van der Waals surface area (Å²) in [7, 11) is -2.02. The first-order chi connectivity index (χ1) is 9.71. The SMILES string of the molecule is Cc1c(N)cc(Br)cc1S(=O)(=O)N(C)Cc1cc(Br)cs1. The van der Waals surface area contributed by atoms with Crippen LogP contribution in [-0.4, -0.2) is 19.8 Å². The summed E-state index contributed by atoms with van der Waals surface area (Å²) < 4.78 is 28.4. The van der Waals surface area contributed by atoms with Gasteiger partial charge in [-0.15, -0.1) is 11.3 Å². The molecular weight excluding hydrogens is 440 g/mol. The Balaban J connectivity index is 2.37. The van der Waals surface area contributed by atoms with E-state index in [1.807, 2.05) is 11.4 Å². The Labute approximate surface area is 145 Å². The Bertz CT molecular complexity index is 772. The number of hydrogen-bond acceptors (Lipinski definition) is 4. The van der Waals surface area contributed by atoms with E-state index in [0.717, 1.165) is 9.35 Å². The fourth-order valence-corrected chi connectivity index (χ4v) is 5.49. The van der Waals surface area contributed by atoms with Gasteiger partial charge in [0.05, 0.1) is 4.90 Å². The van der Waals surface area contributed by atoms with Crippen LogP contribution in [0.3, 0.4) is 0 Å². The largest absolute Gasteiger partial charge is 0.398 e. The molecule has 8 heteroatoms. The summed E-state index contributed by atoms with van der Waals surface area (Å²) in [6.45, 7) is 2.04. The number of sulfonamides is 1. The zero-order valence-corrected chi connectivity index (χ0v) is 16.2. The van der Waals surface area contributed by atoms with Crippen molar-refractivity contribution in [3.8, 4) is 0 Å². The topological polar surface area (TPSA) is 63.4 Å². The summed E-state index contributed by atoms with van der Waals surface area (Å²) in [6, 6.07) is 5.20. The molecule has 0 aliphatic rings. The van der Waals surface area contributed by atoms with E-state index in [-0.39, 0.29) is 4.90 Å². The molecule has 0 aliphatic heterocycles. The van der Waals surface area contributed by atoms with Crippen LogP contribution in [-0.2, 0) is 16.6 Å². The molecule has 21 heavy (non-hydrogen) atoms. The van der Waals surface area contributed by atoms with E-state index in [9.17, 15) is 8.42 Å². The lowest BCUT2D eigenvalue weighted by atomic mass is 10.2. The average molecular weight is 454 g/mol. The minimum absolute atomic E-state index is 0.229. The first kappa shape index (κ1) is 17.0. The normalized spacial score (nSPS) is 12.0. The lowest BCUT2D eigenvalue weighted by Crippen LogP contribution is -2.27. The second-order valence-electron chi connectivity index (χ2n) is 4.61. The van der Waals surface area contributed by atoms with Gasteiger partial charge in [0, 0.05) is 38.5 Å².